The van der Waals surface area contributed by atoms with E-state index in [0.717, 1.165) is 44.3 Å². The highest BCUT2D eigenvalue weighted by Gasteiger charge is 2.16. The third-order valence-corrected chi connectivity index (χ3v) is 6.28. The number of ether oxygens (including phenoxy) is 1. The van der Waals surface area contributed by atoms with Crippen LogP contribution >= 0.6 is 0 Å². The number of carbonyl (C=O) groups is 1. The van der Waals surface area contributed by atoms with Gasteiger partial charge in [-0.15, -0.1) is 0 Å². The zero-order valence-corrected chi connectivity index (χ0v) is 20.0. The van der Waals surface area contributed by atoms with Crippen LogP contribution in [0.15, 0.2) is 95.6 Å². The van der Waals surface area contributed by atoms with Gasteiger partial charge in [0, 0.05) is 28.6 Å². The maximum Gasteiger partial charge on any atom is 0.307 e. The van der Waals surface area contributed by atoms with Gasteiger partial charge in [0.15, 0.2) is 0 Å². The van der Waals surface area contributed by atoms with Crippen molar-refractivity contribution in [1.29, 1.82) is 0 Å². The first-order chi connectivity index (χ1) is 17.5. The van der Waals surface area contributed by atoms with Crippen molar-refractivity contribution >= 4 is 16.9 Å². The fourth-order valence-electron chi connectivity index (χ4n) is 4.48. The van der Waals surface area contributed by atoms with Gasteiger partial charge >= 0.3 is 5.97 Å². The van der Waals surface area contributed by atoms with Crippen molar-refractivity contribution in [2.24, 2.45) is 5.73 Å². The Bertz CT molecular complexity index is 1550. The van der Waals surface area contributed by atoms with E-state index in [1.54, 1.807) is 18.4 Å². The fraction of sp³-hybridized carbons (Fsp3) is 0.129. The van der Waals surface area contributed by atoms with Gasteiger partial charge < -0.3 is 20.0 Å². The van der Waals surface area contributed by atoms with Crippen molar-refractivity contribution in [2.75, 3.05) is 0 Å². The van der Waals surface area contributed by atoms with E-state index in [1.165, 1.54) is 5.56 Å². The van der Waals surface area contributed by atoms with E-state index in [2.05, 4.69) is 49.4 Å². The molecule has 0 saturated heterocycles. The molecule has 0 aliphatic heterocycles. The molecule has 0 spiro atoms. The number of para-hydroxylation sites is 1. The zero-order chi connectivity index (χ0) is 25.1. The number of rotatable bonds is 8. The van der Waals surface area contributed by atoms with E-state index in [0.29, 0.717) is 17.9 Å². The summed E-state index contributed by atoms with van der Waals surface area (Å²) in [6, 6.07) is 28.1. The molecule has 3 N–H and O–H groups in total. The first kappa shape index (κ1) is 23.4. The molecule has 0 radical (unpaired) electrons. The van der Waals surface area contributed by atoms with Crippen molar-refractivity contribution in [2.45, 2.75) is 26.5 Å². The van der Waals surface area contributed by atoms with Gasteiger partial charge in [-0.2, -0.15) is 0 Å². The van der Waals surface area contributed by atoms with Crippen LogP contribution in [0.3, 0.4) is 0 Å². The van der Waals surface area contributed by atoms with Gasteiger partial charge in [-0.1, -0.05) is 66.2 Å². The molecule has 0 aliphatic rings. The molecule has 0 amide bonds. The highest BCUT2D eigenvalue weighted by molar-refractivity contribution is 5.98. The van der Waals surface area contributed by atoms with Crippen LogP contribution < -0.4 is 10.5 Å². The molecule has 4 aromatic carbocycles. The second-order valence-electron chi connectivity index (χ2n) is 8.90. The normalized spacial score (nSPS) is 11.1. The van der Waals surface area contributed by atoms with Crippen LogP contribution in [0.2, 0.25) is 0 Å². The number of hydrogen-bond donors (Lipinski definition) is 2. The number of aliphatic carboxylic acids is 1. The minimum absolute atomic E-state index is 0.0958. The number of nitrogens with two attached hydrogens (primary N) is 1. The zero-order valence-electron chi connectivity index (χ0n) is 20.0. The second-order valence-corrected chi connectivity index (χ2v) is 8.90. The lowest BCUT2D eigenvalue weighted by Crippen LogP contribution is -2.04. The van der Waals surface area contributed by atoms with Crippen LogP contribution in [0.1, 0.15) is 22.3 Å². The number of benzene rings is 4. The summed E-state index contributed by atoms with van der Waals surface area (Å²) in [7, 11) is 0. The second kappa shape index (κ2) is 10.1. The third kappa shape index (κ3) is 4.88. The molecule has 5 nitrogen and oxygen atoms in total. The Labute approximate surface area is 209 Å². The Balaban J connectivity index is 1.60. The maximum atomic E-state index is 11.3. The number of fused-ring (bicyclic) bond motifs is 1. The highest BCUT2D eigenvalue weighted by atomic mass is 16.5. The lowest BCUT2D eigenvalue weighted by atomic mass is 9.94. The van der Waals surface area contributed by atoms with E-state index < -0.39 is 5.97 Å². The van der Waals surface area contributed by atoms with Crippen LogP contribution in [0, 0.1) is 6.92 Å². The Morgan fingerprint density at radius 3 is 2.50 bits per heavy atom. The number of carboxylic acids is 1. The van der Waals surface area contributed by atoms with Crippen LogP contribution in [0.25, 0.3) is 33.2 Å². The van der Waals surface area contributed by atoms with Crippen LogP contribution in [0.4, 0.5) is 0 Å². The molecule has 5 rings (SSSR count). The Kier molecular flexibility index (Phi) is 6.56. The Morgan fingerprint density at radius 2 is 1.69 bits per heavy atom. The molecule has 0 aliphatic carbocycles. The number of aryl methyl sites for hydroxylation is 1. The van der Waals surface area contributed by atoms with Gasteiger partial charge in [-0.05, 0) is 53.4 Å². The average Bonchev–Trinajstić information content (AvgIpc) is 3.30. The SMILES string of the molecule is Cc1cccc(-c2cc(-c3cccc(CN)c3)cc3c(COc4ccccc4CC(=O)O)coc23)c1. The van der Waals surface area contributed by atoms with E-state index in [1.807, 2.05) is 30.3 Å². The molecule has 0 fully saturated rings. The van der Waals surface area contributed by atoms with Crippen molar-refractivity contribution in [3.8, 4) is 28.0 Å². The summed E-state index contributed by atoms with van der Waals surface area (Å²) in [4.78, 5) is 11.3. The monoisotopic (exact) mass is 477 g/mol. The smallest absolute Gasteiger partial charge is 0.307 e. The molecule has 36 heavy (non-hydrogen) atoms. The van der Waals surface area contributed by atoms with Crippen molar-refractivity contribution in [3.63, 3.8) is 0 Å². The van der Waals surface area contributed by atoms with E-state index in [9.17, 15) is 9.90 Å². The van der Waals surface area contributed by atoms with Crippen LogP contribution in [-0.2, 0) is 24.4 Å². The van der Waals surface area contributed by atoms with Crippen molar-refractivity contribution in [3.05, 3.63) is 113 Å². The van der Waals surface area contributed by atoms with Gasteiger partial charge in [0.05, 0.1) is 12.7 Å². The summed E-state index contributed by atoms with van der Waals surface area (Å²) in [5.41, 5.74) is 14.7. The van der Waals surface area contributed by atoms with E-state index in [4.69, 9.17) is 14.9 Å². The van der Waals surface area contributed by atoms with Gasteiger partial charge in [0.2, 0.25) is 0 Å². The standard InChI is InChI=1S/C31H27NO4/c1-20-6-4-10-23(12-20)27-14-25(22-9-5-7-21(13-22)17-32)15-28-26(19-36-31(27)28)18-35-29-11-3-2-8-24(29)16-30(33)34/h2-15,19H,16-18,32H2,1H3,(H,33,34). The lowest BCUT2D eigenvalue weighted by Gasteiger charge is -2.11. The lowest BCUT2D eigenvalue weighted by molar-refractivity contribution is -0.136. The van der Waals surface area contributed by atoms with E-state index >= 15 is 0 Å². The van der Waals surface area contributed by atoms with Crippen LogP contribution in [-0.4, -0.2) is 11.1 Å². The minimum Gasteiger partial charge on any atom is -0.488 e. The molecule has 5 heteroatoms. The molecule has 0 saturated carbocycles. The van der Waals surface area contributed by atoms with Gasteiger partial charge in [0.25, 0.3) is 0 Å². The predicted molar refractivity (Wildman–Crippen MR) is 142 cm³/mol. The third-order valence-electron chi connectivity index (χ3n) is 6.28. The molecule has 1 aromatic heterocycles. The summed E-state index contributed by atoms with van der Waals surface area (Å²) in [5, 5.41) is 10.2. The summed E-state index contributed by atoms with van der Waals surface area (Å²) in [5.74, 6) is -0.341. The highest BCUT2D eigenvalue weighted by Crippen LogP contribution is 2.37. The summed E-state index contributed by atoms with van der Waals surface area (Å²) in [6.07, 6.45) is 1.63. The molecule has 1 heterocycles. The minimum atomic E-state index is -0.896. The van der Waals surface area contributed by atoms with Gasteiger partial charge in [0.1, 0.15) is 17.9 Å². The van der Waals surface area contributed by atoms with Crippen molar-refractivity contribution in [1.82, 2.24) is 0 Å². The average molecular weight is 478 g/mol. The molecule has 0 bridgehead atoms. The summed E-state index contributed by atoms with van der Waals surface area (Å²) >= 11 is 0. The summed E-state index contributed by atoms with van der Waals surface area (Å²) in [6.45, 7) is 2.80. The van der Waals surface area contributed by atoms with Crippen LogP contribution in [0.5, 0.6) is 5.75 Å². The topological polar surface area (TPSA) is 85.7 Å². The first-order valence-corrected chi connectivity index (χ1v) is 11.8. The Hall–Kier alpha value is -4.35. The predicted octanol–water partition coefficient (Wildman–Crippen LogP) is 6.74. The molecule has 0 atom stereocenters. The molecular formula is C31H27NO4. The van der Waals surface area contributed by atoms with Gasteiger partial charge in [-0.3, -0.25) is 4.79 Å². The Morgan fingerprint density at radius 1 is 0.889 bits per heavy atom. The molecule has 0 unspecified atom stereocenters. The number of carboxylic acid groups (broad SMARTS) is 1. The van der Waals surface area contributed by atoms with Gasteiger partial charge in [-0.25, -0.2) is 0 Å². The first-order valence-electron chi connectivity index (χ1n) is 11.8. The summed E-state index contributed by atoms with van der Waals surface area (Å²) < 4.78 is 12.2. The quantitative estimate of drug-likeness (QED) is 0.258. The fourth-order valence-corrected chi connectivity index (χ4v) is 4.48. The number of hydrogen-bond acceptors (Lipinski definition) is 4. The van der Waals surface area contributed by atoms with Crippen molar-refractivity contribution < 1.29 is 19.1 Å². The largest absolute Gasteiger partial charge is 0.488 e. The van der Waals surface area contributed by atoms with E-state index in [-0.39, 0.29) is 13.0 Å². The molecule has 180 valence electrons. The molecule has 5 aromatic rings. The maximum absolute atomic E-state index is 11.3. The number of furan rings is 1. The molecular weight excluding hydrogens is 450 g/mol.